The van der Waals surface area contributed by atoms with Crippen LogP contribution in [0.2, 0.25) is 5.02 Å². The van der Waals surface area contributed by atoms with Gasteiger partial charge in [-0.2, -0.15) is 0 Å². The maximum atomic E-state index is 5.97. The highest BCUT2D eigenvalue weighted by molar-refractivity contribution is 6.30. The second kappa shape index (κ2) is 7.74. The molecule has 1 aromatic heterocycles. The van der Waals surface area contributed by atoms with Crippen LogP contribution in [0.3, 0.4) is 0 Å². The summed E-state index contributed by atoms with van der Waals surface area (Å²) in [5, 5.41) is 7.38. The quantitative estimate of drug-likeness (QED) is 0.658. The fourth-order valence-corrected chi connectivity index (χ4v) is 2.30. The van der Waals surface area contributed by atoms with E-state index in [2.05, 4.69) is 34.0 Å². The SMILES string of the molecule is CN=C(NCCc1cccc(Cl)c1)NCc1ccn(C)c1. The summed E-state index contributed by atoms with van der Waals surface area (Å²) in [5.74, 6) is 0.806. The molecule has 0 aliphatic carbocycles. The topological polar surface area (TPSA) is 41.4 Å². The van der Waals surface area contributed by atoms with Crippen LogP contribution in [-0.2, 0) is 20.0 Å². The van der Waals surface area contributed by atoms with Crippen molar-refractivity contribution in [1.82, 2.24) is 15.2 Å². The molecule has 21 heavy (non-hydrogen) atoms. The van der Waals surface area contributed by atoms with Gasteiger partial charge in [-0.1, -0.05) is 23.7 Å². The van der Waals surface area contributed by atoms with Crippen molar-refractivity contribution >= 4 is 17.6 Å². The molecule has 1 heterocycles. The molecule has 112 valence electrons. The summed E-state index contributed by atoms with van der Waals surface area (Å²) in [7, 11) is 3.79. The number of hydrogen-bond donors (Lipinski definition) is 2. The van der Waals surface area contributed by atoms with Crippen LogP contribution in [0.1, 0.15) is 11.1 Å². The molecular formula is C16H21ClN4. The molecule has 0 aliphatic rings. The summed E-state index contributed by atoms with van der Waals surface area (Å²) in [6, 6.07) is 10.0. The van der Waals surface area contributed by atoms with E-state index < -0.39 is 0 Å². The van der Waals surface area contributed by atoms with Crippen LogP contribution < -0.4 is 10.6 Å². The molecule has 4 nitrogen and oxygen atoms in total. The van der Waals surface area contributed by atoms with Crippen molar-refractivity contribution in [2.24, 2.45) is 12.0 Å². The first-order chi connectivity index (χ1) is 10.2. The minimum atomic E-state index is 0.762. The van der Waals surface area contributed by atoms with E-state index in [9.17, 15) is 0 Å². The summed E-state index contributed by atoms with van der Waals surface area (Å²) < 4.78 is 2.03. The van der Waals surface area contributed by atoms with Crippen molar-refractivity contribution in [3.8, 4) is 0 Å². The first kappa shape index (κ1) is 15.4. The van der Waals surface area contributed by atoms with Crippen LogP contribution >= 0.6 is 11.6 Å². The molecule has 0 saturated carbocycles. The van der Waals surface area contributed by atoms with Gasteiger partial charge in [0.2, 0.25) is 0 Å². The smallest absolute Gasteiger partial charge is 0.191 e. The molecule has 0 amide bonds. The minimum Gasteiger partial charge on any atom is -0.357 e. The zero-order valence-electron chi connectivity index (χ0n) is 12.4. The van der Waals surface area contributed by atoms with Gasteiger partial charge in [-0.05, 0) is 35.7 Å². The number of halogens is 1. The highest BCUT2D eigenvalue weighted by Gasteiger charge is 2.00. The lowest BCUT2D eigenvalue weighted by Crippen LogP contribution is -2.37. The first-order valence-electron chi connectivity index (χ1n) is 6.97. The average Bonchev–Trinajstić information content (AvgIpc) is 2.88. The van der Waals surface area contributed by atoms with Gasteiger partial charge in [-0.15, -0.1) is 0 Å². The number of rotatable bonds is 5. The van der Waals surface area contributed by atoms with E-state index in [4.69, 9.17) is 11.6 Å². The third-order valence-corrected chi connectivity index (χ3v) is 3.41. The molecule has 5 heteroatoms. The summed E-state index contributed by atoms with van der Waals surface area (Å²) in [6.45, 7) is 1.58. The molecule has 0 radical (unpaired) electrons. The van der Waals surface area contributed by atoms with Crippen molar-refractivity contribution < 1.29 is 0 Å². The van der Waals surface area contributed by atoms with Crippen LogP contribution in [0.5, 0.6) is 0 Å². The Hall–Kier alpha value is -1.94. The van der Waals surface area contributed by atoms with E-state index in [1.165, 1.54) is 11.1 Å². The fraction of sp³-hybridized carbons (Fsp3) is 0.312. The molecular weight excluding hydrogens is 284 g/mol. The number of aromatic nitrogens is 1. The molecule has 1 aromatic carbocycles. The number of hydrogen-bond acceptors (Lipinski definition) is 1. The molecule has 2 rings (SSSR count). The number of aryl methyl sites for hydroxylation is 1. The molecule has 2 N–H and O–H groups in total. The highest BCUT2D eigenvalue weighted by Crippen LogP contribution is 2.10. The highest BCUT2D eigenvalue weighted by atomic mass is 35.5. The van der Waals surface area contributed by atoms with E-state index in [1.807, 2.05) is 36.0 Å². The van der Waals surface area contributed by atoms with Crippen molar-refractivity contribution in [3.63, 3.8) is 0 Å². The van der Waals surface area contributed by atoms with E-state index in [1.54, 1.807) is 7.05 Å². The van der Waals surface area contributed by atoms with Gasteiger partial charge in [0, 0.05) is 44.6 Å². The summed E-state index contributed by atoms with van der Waals surface area (Å²) >= 11 is 5.97. The molecule has 0 unspecified atom stereocenters. The summed E-state index contributed by atoms with van der Waals surface area (Å²) in [6.07, 6.45) is 5.03. The lowest BCUT2D eigenvalue weighted by atomic mass is 10.1. The zero-order valence-corrected chi connectivity index (χ0v) is 13.2. The Kier molecular flexibility index (Phi) is 5.69. The Labute approximate surface area is 130 Å². The van der Waals surface area contributed by atoms with Crippen LogP contribution in [0, 0.1) is 0 Å². The van der Waals surface area contributed by atoms with Gasteiger partial charge in [0.25, 0.3) is 0 Å². The Balaban J connectivity index is 1.75. The second-order valence-electron chi connectivity index (χ2n) is 4.92. The molecule has 2 aromatic rings. The number of guanidine groups is 1. The molecule has 0 aliphatic heterocycles. The molecule has 0 bridgehead atoms. The van der Waals surface area contributed by atoms with Gasteiger partial charge in [-0.3, -0.25) is 4.99 Å². The third kappa shape index (κ3) is 5.16. The standard InChI is InChI=1S/C16H21ClN4/c1-18-16(20-11-14-7-9-21(2)12-14)19-8-6-13-4-3-5-15(17)10-13/h3-5,7,9-10,12H,6,8,11H2,1-2H3,(H2,18,19,20). The van der Waals surface area contributed by atoms with E-state index in [0.717, 1.165) is 30.5 Å². The van der Waals surface area contributed by atoms with E-state index in [0.29, 0.717) is 0 Å². The van der Waals surface area contributed by atoms with E-state index >= 15 is 0 Å². The Morgan fingerprint density at radius 3 is 2.76 bits per heavy atom. The number of nitrogens with zero attached hydrogens (tertiary/aromatic N) is 2. The predicted octanol–water partition coefficient (Wildman–Crippen LogP) is 2.59. The van der Waals surface area contributed by atoms with Gasteiger partial charge >= 0.3 is 0 Å². The van der Waals surface area contributed by atoms with Gasteiger partial charge in [0.15, 0.2) is 5.96 Å². The van der Waals surface area contributed by atoms with Crippen molar-refractivity contribution in [2.75, 3.05) is 13.6 Å². The lowest BCUT2D eigenvalue weighted by Gasteiger charge is -2.11. The zero-order chi connectivity index (χ0) is 15.1. The van der Waals surface area contributed by atoms with Crippen molar-refractivity contribution in [2.45, 2.75) is 13.0 Å². The predicted molar refractivity (Wildman–Crippen MR) is 88.8 cm³/mol. The number of aliphatic imine (C=N–C) groups is 1. The number of benzene rings is 1. The van der Waals surface area contributed by atoms with E-state index in [-0.39, 0.29) is 0 Å². The third-order valence-electron chi connectivity index (χ3n) is 3.17. The van der Waals surface area contributed by atoms with Gasteiger partial charge in [0.1, 0.15) is 0 Å². The first-order valence-corrected chi connectivity index (χ1v) is 7.35. The largest absolute Gasteiger partial charge is 0.357 e. The van der Waals surface area contributed by atoms with Gasteiger partial charge in [-0.25, -0.2) is 0 Å². The Morgan fingerprint density at radius 2 is 2.10 bits per heavy atom. The summed E-state index contributed by atoms with van der Waals surface area (Å²) in [4.78, 5) is 4.22. The average molecular weight is 305 g/mol. The number of nitrogens with one attached hydrogen (secondary N) is 2. The molecule has 0 atom stereocenters. The van der Waals surface area contributed by atoms with Gasteiger partial charge in [0.05, 0.1) is 0 Å². The fourth-order valence-electron chi connectivity index (χ4n) is 2.09. The van der Waals surface area contributed by atoms with Crippen LogP contribution in [-0.4, -0.2) is 24.1 Å². The maximum Gasteiger partial charge on any atom is 0.191 e. The second-order valence-corrected chi connectivity index (χ2v) is 5.35. The van der Waals surface area contributed by atoms with Crippen LogP contribution in [0.4, 0.5) is 0 Å². The lowest BCUT2D eigenvalue weighted by molar-refractivity contribution is 0.792. The normalized spacial score (nSPS) is 11.5. The molecule has 0 spiro atoms. The Bertz CT molecular complexity index is 604. The van der Waals surface area contributed by atoms with Crippen molar-refractivity contribution in [1.29, 1.82) is 0 Å². The van der Waals surface area contributed by atoms with Crippen LogP contribution in [0.25, 0.3) is 0 Å². The molecule has 0 saturated heterocycles. The van der Waals surface area contributed by atoms with Crippen LogP contribution in [0.15, 0.2) is 47.7 Å². The van der Waals surface area contributed by atoms with Gasteiger partial charge < -0.3 is 15.2 Å². The monoisotopic (exact) mass is 304 g/mol. The minimum absolute atomic E-state index is 0.762. The Morgan fingerprint density at radius 1 is 1.24 bits per heavy atom. The summed E-state index contributed by atoms with van der Waals surface area (Å²) in [5.41, 5.74) is 2.45. The van der Waals surface area contributed by atoms with Crippen molar-refractivity contribution in [3.05, 3.63) is 58.9 Å². The maximum absolute atomic E-state index is 5.97. The molecule has 0 fully saturated rings.